The van der Waals surface area contributed by atoms with Crippen LogP contribution in [0.2, 0.25) is 0 Å². The van der Waals surface area contributed by atoms with Gasteiger partial charge >= 0.3 is 0 Å². The fraction of sp³-hybridized carbons (Fsp3) is 0.615. The molecule has 2 saturated heterocycles. The molecule has 3 aromatic rings. The van der Waals surface area contributed by atoms with Crippen LogP contribution in [0.3, 0.4) is 0 Å². The number of aliphatic imine (C=N–C) groups is 1. The SMILES string of the molecule is CC(C)[C@@H]1C[C@H](CCN=C(Nc2ccc3c(=O)n(CCc4ccc(F)cc4)c(CN4CCCC(O)C4)nc3c2)N2CCN[C@@H](C)C2)C1(C)C. The Morgan fingerprint density at radius 2 is 1.96 bits per heavy atom. The van der Waals surface area contributed by atoms with Gasteiger partial charge in [-0.1, -0.05) is 39.8 Å². The van der Waals surface area contributed by atoms with Gasteiger partial charge in [-0.25, -0.2) is 9.37 Å². The van der Waals surface area contributed by atoms with Crippen molar-refractivity contribution in [3.8, 4) is 0 Å². The molecule has 49 heavy (non-hydrogen) atoms. The molecule has 4 atom stereocenters. The number of hydrogen-bond acceptors (Lipinski definition) is 6. The summed E-state index contributed by atoms with van der Waals surface area (Å²) in [5.41, 5.74) is 2.72. The van der Waals surface area contributed by atoms with Crippen molar-refractivity contribution in [3.63, 3.8) is 0 Å². The first-order valence-electron chi connectivity index (χ1n) is 18.5. The minimum absolute atomic E-state index is 0.0844. The van der Waals surface area contributed by atoms with Crippen LogP contribution in [0.5, 0.6) is 0 Å². The van der Waals surface area contributed by atoms with E-state index < -0.39 is 0 Å². The molecule has 1 saturated carbocycles. The molecule has 1 unspecified atom stereocenters. The number of aliphatic hydroxyl groups is 1. The molecule has 3 fully saturated rings. The minimum Gasteiger partial charge on any atom is -0.392 e. The van der Waals surface area contributed by atoms with Crippen molar-refractivity contribution in [3.05, 3.63) is 70.0 Å². The number of rotatable bonds is 10. The van der Waals surface area contributed by atoms with Crippen LogP contribution in [0, 0.1) is 29.0 Å². The van der Waals surface area contributed by atoms with E-state index >= 15 is 0 Å². The number of β-amino-alcohol motifs (C(OH)–C–C–N with tert-alkyl or cyclic N) is 1. The molecule has 2 aliphatic heterocycles. The van der Waals surface area contributed by atoms with Crippen LogP contribution < -0.4 is 16.2 Å². The first kappa shape index (κ1) is 35.5. The number of fused-ring (bicyclic) bond motifs is 1. The summed E-state index contributed by atoms with van der Waals surface area (Å²) in [6.45, 7) is 17.5. The Balaban J connectivity index is 1.26. The summed E-state index contributed by atoms with van der Waals surface area (Å²) in [6, 6.07) is 12.6. The Hall–Kier alpha value is -3.34. The highest BCUT2D eigenvalue weighted by atomic mass is 19.1. The number of halogens is 1. The van der Waals surface area contributed by atoms with E-state index in [9.17, 15) is 14.3 Å². The maximum Gasteiger partial charge on any atom is 0.261 e. The van der Waals surface area contributed by atoms with Gasteiger partial charge in [0.1, 0.15) is 11.6 Å². The Morgan fingerprint density at radius 1 is 1.16 bits per heavy atom. The van der Waals surface area contributed by atoms with E-state index in [1.54, 1.807) is 16.7 Å². The number of piperazine rings is 1. The molecule has 9 nitrogen and oxygen atoms in total. The molecule has 3 aliphatic rings. The quantitative estimate of drug-likeness (QED) is 0.193. The third-order valence-electron chi connectivity index (χ3n) is 11.4. The standard InChI is InChI=1S/C39H56FN7O2/c1-26(2)34-21-29(39(34,4)5)14-16-42-38(46-20-17-41-27(3)23-46)43-31-12-13-33-35(22-31)44-36(25-45-18-6-7-32(48)24-45)47(37(33)49)19-15-28-8-10-30(40)11-9-28/h8-13,22,26-27,29,32,34,41,48H,6-7,14-21,23-25H2,1-5H3,(H,42,43)/t27-,29-,32?,34-/m0/s1. The van der Waals surface area contributed by atoms with Crippen LogP contribution in [-0.4, -0.2) is 81.8 Å². The fourth-order valence-corrected chi connectivity index (χ4v) is 8.44. The average Bonchev–Trinajstić information content (AvgIpc) is 3.06. The summed E-state index contributed by atoms with van der Waals surface area (Å²) < 4.78 is 15.3. The van der Waals surface area contributed by atoms with Crippen LogP contribution in [-0.2, 0) is 19.5 Å². The van der Waals surface area contributed by atoms with Crippen molar-refractivity contribution in [1.29, 1.82) is 0 Å². The van der Waals surface area contributed by atoms with E-state index in [1.807, 2.05) is 18.2 Å². The number of likely N-dealkylation sites (tertiary alicyclic amines) is 1. The van der Waals surface area contributed by atoms with Crippen molar-refractivity contribution >= 4 is 22.5 Å². The first-order valence-corrected chi connectivity index (χ1v) is 18.5. The van der Waals surface area contributed by atoms with Gasteiger partial charge in [-0.2, -0.15) is 0 Å². The summed E-state index contributed by atoms with van der Waals surface area (Å²) >= 11 is 0. The first-order chi connectivity index (χ1) is 23.5. The summed E-state index contributed by atoms with van der Waals surface area (Å²) in [5, 5.41) is 18.1. The van der Waals surface area contributed by atoms with Crippen molar-refractivity contribution in [1.82, 2.24) is 24.7 Å². The Kier molecular flexibility index (Phi) is 11.1. The summed E-state index contributed by atoms with van der Waals surface area (Å²) in [6.07, 6.45) is 4.27. The molecular formula is C39H56FN7O2. The van der Waals surface area contributed by atoms with Gasteiger partial charge in [0.2, 0.25) is 0 Å². The van der Waals surface area contributed by atoms with Crippen LogP contribution in [0.4, 0.5) is 10.1 Å². The molecule has 1 aliphatic carbocycles. The molecule has 6 rings (SSSR count). The maximum absolute atomic E-state index is 14.0. The van der Waals surface area contributed by atoms with Gasteiger partial charge in [0.05, 0.1) is 23.6 Å². The Bertz CT molecular complexity index is 1670. The lowest BCUT2D eigenvalue weighted by Crippen LogP contribution is -2.53. The lowest BCUT2D eigenvalue weighted by molar-refractivity contribution is -0.0514. The Labute approximate surface area is 291 Å². The molecule has 0 spiro atoms. The molecular weight excluding hydrogens is 617 g/mol. The van der Waals surface area contributed by atoms with Gasteiger partial charge < -0.3 is 20.6 Å². The van der Waals surface area contributed by atoms with Gasteiger partial charge in [-0.3, -0.25) is 19.3 Å². The normalized spacial score (nSPS) is 24.7. The van der Waals surface area contributed by atoms with Crippen molar-refractivity contribution in [2.75, 3.05) is 44.6 Å². The third kappa shape index (κ3) is 8.35. The summed E-state index contributed by atoms with van der Waals surface area (Å²) in [4.78, 5) is 28.8. The number of nitrogens with zero attached hydrogens (tertiary/aromatic N) is 5. The second kappa shape index (κ2) is 15.3. The monoisotopic (exact) mass is 673 g/mol. The zero-order chi connectivity index (χ0) is 34.7. The molecule has 0 bridgehead atoms. The van der Waals surface area contributed by atoms with Gasteiger partial charge in [0.25, 0.3) is 5.56 Å². The molecule has 0 amide bonds. The highest BCUT2D eigenvalue weighted by Crippen LogP contribution is 2.55. The molecule has 2 aromatic carbocycles. The van der Waals surface area contributed by atoms with Crippen LogP contribution in [0.25, 0.3) is 10.9 Å². The second-order valence-electron chi connectivity index (χ2n) is 15.6. The minimum atomic E-state index is -0.373. The molecule has 3 heterocycles. The van der Waals surface area contributed by atoms with Crippen molar-refractivity contribution < 1.29 is 9.50 Å². The number of piperidine rings is 1. The lowest BCUT2D eigenvalue weighted by Gasteiger charge is -2.54. The van der Waals surface area contributed by atoms with Crippen LogP contribution >= 0.6 is 0 Å². The van der Waals surface area contributed by atoms with Crippen LogP contribution in [0.15, 0.2) is 52.3 Å². The second-order valence-corrected chi connectivity index (χ2v) is 15.6. The highest BCUT2D eigenvalue weighted by molar-refractivity contribution is 5.95. The molecule has 1 aromatic heterocycles. The third-order valence-corrected chi connectivity index (χ3v) is 11.4. The smallest absolute Gasteiger partial charge is 0.261 e. The van der Waals surface area contributed by atoms with Crippen molar-refractivity contribution in [2.45, 2.75) is 92.0 Å². The molecule has 3 N–H and O–H groups in total. The lowest BCUT2D eigenvalue weighted by atomic mass is 9.51. The zero-order valence-corrected chi connectivity index (χ0v) is 30.1. The van der Waals surface area contributed by atoms with Gasteiger partial charge in [0, 0.05) is 51.0 Å². The molecule has 10 heteroatoms. The largest absolute Gasteiger partial charge is 0.392 e. The van der Waals surface area contributed by atoms with E-state index in [1.165, 1.54) is 18.6 Å². The highest BCUT2D eigenvalue weighted by Gasteiger charge is 2.48. The molecule has 266 valence electrons. The number of guanidine groups is 1. The zero-order valence-electron chi connectivity index (χ0n) is 30.1. The fourth-order valence-electron chi connectivity index (χ4n) is 8.44. The van der Waals surface area contributed by atoms with E-state index in [0.717, 1.165) is 75.1 Å². The summed E-state index contributed by atoms with van der Waals surface area (Å²) in [5.74, 6) is 3.45. The van der Waals surface area contributed by atoms with Crippen LogP contribution in [0.1, 0.15) is 71.7 Å². The van der Waals surface area contributed by atoms with E-state index in [4.69, 9.17) is 9.98 Å². The number of aryl methyl sites for hydroxylation is 1. The van der Waals surface area contributed by atoms with Crippen molar-refractivity contribution in [2.24, 2.45) is 28.2 Å². The number of aliphatic hydroxyl groups excluding tert-OH is 1. The van der Waals surface area contributed by atoms with Gasteiger partial charge in [0.15, 0.2) is 5.96 Å². The summed E-state index contributed by atoms with van der Waals surface area (Å²) in [7, 11) is 0. The van der Waals surface area contributed by atoms with E-state index in [0.29, 0.717) is 66.1 Å². The number of aromatic nitrogens is 2. The van der Waals surface area contributed by atoms with Gasteiger partial charge in [-0.15, -0.1) is 0 Å². The number of nitrogens with one attached hydrogen (secondary N) is 2. The van der Waals surface area contributed by atoms with E-state index in [-0.39, 0.29) is 17.5 Å². The maximum atomic E-state index is 14.0. The number of benzene rings is 2. The van der Waals surface area contributed by atoms with Gasteiger partial charge in [-0.05, 0) is 105 Å². The Morgan fingerprint density at radius 3 is 2.67 bits per heavy atom. The number of hydrogen-bond donors (Lipinski definition) is 3. The predicted molar refractivity (Wildman–Crippen MR) is 196 cm³/mol. The number of anilines is 1. The molecule has 0 radical (unpaired) electrons. The average molecular weight is 674 g/mol. The predicted octanol–water partition coefficient (Wildman–Crippen LogP) is 5.51. The topological polar surface area (TPSA) is 98.0 Å². The van der Waals surface area contributed by atoms with E-state index in [2.05, 4.69) is 55.1 Å².